The molecule has 0 saturated heterocycles. The highest BCUT2D eigenvalue weighted by molar-refractivity contribution is 5.79. The molecule has 2 aromatic carbocycles. The van der Waals surface area contributed by atoms with Gasteiger partial charge in [0.1, 0.15) is 22.8 Å². The molecule has 5 heteroatoms. The summed E-state index contributed by atoms with van der Waals surface area (Å²) in [4.78, 5) is 0. The van der Waals surface area contributed by atoms with Crippen LogP contribution in [0.4, 0.5) is 0 Å². The summed E-state index contributed by atoms with van der Waals surface area (Å²) in [5, 5.41) is 14.6. The van der Waals surface area contributed by atoms with Gasteiger partial charge in [-0.3, -0.25) is 5.32 Å². The van der Waals surface area contributed by atoms with Gasteiger partial charge in [0, 0.05) is 17.4 Å². The lowest BCUT2D eigenvalue weighted by molar-refractivity contribution is 0.104. The number of rotatable bonds is 5. The van der Waals surface area contributed by atoms with Gasteiger partial charge in [-0.25, -0.2) is 0 Å². The zero-order valence-electron chi connectivity index (χ0n) is 14.1. The number of methoxy groups -OCH3 is 1. The highest BCUT2D eigenvalue weighted by Crippen LogP contribution is 2.37. The van der Waals surface area contributed by atoms with Crippen molar-refractivity contribution in [2.24, 2.45) is 0 Å². The van der Waals surface area contributed by atoms with Gasteiger partial charge in [0.15, 0.2) is 0 Å². The molecular weight excluding hydrogens is 318 g/mol. The van der Waals surface area contributed by atoms with Crippen molar-refractivity contribution < 1.29 is 19.0 Å². The molecule has 1 aromatic heterocycles. The number of aliphatic hydroxyl groups is 1. The van der Waals surface area contributed by atoms with E-state index in [1.807, 2.05) is 48.5 Å². The van der Waals surface area contributed by atoms with E-state index in [4.69, 9.17) is 13.9 Å². The van der Waals surface area contributed by atoms with Crippen LogP contribution in [0.2, 0.25) is 0 Å². The second kappa shape index (κ2) is 6.43. The van der Waals surface area contributed by atoms with Gasteiger partial charge in [-0.1, -0.05) is 18.2 Å². The molecule has 0 unspecified atom stereocenters. The molecule has 0 radical (unpaired) electrons. The third-order valence-corrected chi connectivity index (χ3v) is 4.83. The van der Waals surface area contributed by atoms with Crippen molar-refractivity contribution in [3.05, 3.63) is 59.9 Å². The maximum atomic E-state index is 10.1. The third-order valence-electron chi connectivity index (χ3n) is 4.83. The van der Waals surface area contributed by atoms with E-state index in [0.29, 0.717) is 19.6 Å². The molecule has 0 saturated carbocycles. The Kier molecular flexibility index (Phi) is 4.11. The Hall–Kier alpha value is -2.50. The van der Waals surface area contributed by atoms with Crippen molar-refractivity contribution in [3.63, 3.8) is 0 Å². The Morgan fingerprint density at radius 1 is 1.20 bits per heavy atom. The van der Waals surface area contributed by atoms with Crippen molar-refractivity contribution in [2.75, 3.05) is 20.3 Å². The number of hydrogen-bond donors (Lipinski definition) is 2. The second-order valence-electron chi connectivity index (χ2n) is 6.30. The number of furan rings is 1. The van der Waals surface area contributed by atoms with E-state index in [1.165, 1.54) is 0 Å². The van der Waals surface area contributed by atoms with E-state index in [2.05, 4.69) is 5.32 Å². The number of benzene rings is 2. The van der Waals surface area contributed by atoms with Crippen LogP contribution in [0.25, 0.3) is 11.0 Å². The van der Waals surface area contributed by atoms with Crippen LogP contribution < -0.4 is 14.8 Å². The quantitative estimate of drug-likeness (QED) is 0.747. The number of ether oxygens (including phenoxy) is 2. The van der Waals surface area contributed by atoms with Crippen molar-refractivity contribution in [1.82, 2.24) is 5.32 Å². The van der Waals surface area contributed by atoms with Crippen LogP contribution in [0, 0.1) is 0 Å². The van der Waals surface area contributed by atoms with E-state index in [1.54, 1.807) is 7.11 Å². The number of para-hydroxylation sites is 1. The zero-order chi connectivity index (χ0) is 17.3. The monoisotopic (exact) mass is 339 g/mol. The second-order valence-corrected chi connectivity index (χ2v) is 6.30. The highest BCUT2D eigenvalue weighted by atomic mass is 16.5. The molecule has 1 aliphatic rings. The van der Waals surface area contributed by atoms with Crippen LogP contribution in [-0.2, 0) is 12.1 Å². The summed E-state index contributed by atoms with van der Waals surface area (Å²) in [5.41, 5.74) is 1.29. The summed E-state index contributed by atoms with van der Waals surface area (Å²) < 4.78 is 16.9. The van der Waals surface area contributed by atoms with Crippen molar-refractivity contribution in [2.45, 2.75) is 18.5 Å². The fourth-order valence-electron chi connectivity index (χ4n) is 3.41. The fourth-order valence-corrected chi connectivity index (χ4v) is 3.41. The van der Waals surface area contributed by atoms with Gasteiger partial charge < -0.3 is 19.0 Å². The summed E-state index contributed by atoms with van der Waals surface area (Å²) in [6.07, 6.45) is 0.703. The summed E-state index contributed by atoms with van der Waals surface area (Å²) >= 11 is 0. The zero-order valence-corrected chi connectivity index (χ0v) is 14.1. The largest absolute Gasteiger partial charge is 0.497 e. The molecular formula is C20H21NO4. The van der Waals surface area contributed by atoms with Gasteiger partial charge in [-0.05, 0) is 30.3 Å². The van der Waals surface area contributed by atoms with Crippen LogP contribution >= 0.6 is 0 Å². The van der Waals surface area contributed by atoms with Crippen LogP contribution in [0.5, 0.6) is 11.5 Å². The lowest BCUT2D eigenvalue weighted by atomic mass is 9.85. The molecule has 0 fully saturated rings. The van der Waals surface area contributed by atoms with E-state index in [9.17, 15) is 5.11 Å². The molecule has 0 amide bonds. The average Bonchev–Trinajstić information content (AvgIpc) is 3.08. The van der Waals surface area contributed by atoms with Gasteiger partial charge in [-0.2, -0.15) is 0 Å². The van der Waals surface area contributed by atoms with Crippen LogP contribution in [-0.4, -0.2) is 25.4 Å². The standard InChI is InChI=1S/C20H21NO4/c1-23-15-6-7-18-14(10-15)11-16(25-18)12-21-20(13-22)8-9-24-19-5-3-2-4-17(19)20/h2-7,10-11,21-22H,8-9,12-13H2,1H3/t20-/m1/s1. The van der Waals surface area contributed by atoms with E-state index in [-0.39, 0.29) is 6.61 Å². The summed E-state index contributed by atoms with van der Waals surface area (Å²) in [6.45, 7) is 1.09. The Morgan fingerprint density at radius 3 is 2.92 bits per heavy atom. The Labute approximate surface area is 146 Å². The summed E-state index contributed by atoms with van der Waals surface area (Å²) in [5.74, 6) is 2.45. The Bertz CT molecular complexity index is 888. The van der Waals surface area contributed by atoms with Crippen LogP contribution in [0.3, 0.4) is 0 Å². The lowest BCUT2D eigenvalue weighted by Gasteiger charge is -2.38. The minimum absolute atomic E-state index is 0.00141. The first-order valence-corrected chi connectivity index (χ1v) is 8.39. The van der Waals surface area contributed by atoms with E-state index >= 15 is 0 Å². The lowest BCUT2D eigenvalue weighted by Crippen LogP contribution is -2.48. The number of fused-ring (bicyclic) bond motifs is 2. The highest BCUT2D eigenvalue weighted by Gasteiger charge is 2.36. The minimum Gasteiger partial charge on any atom is -0.497 e. The number of aliphatic hydroxyl groups excluding tert-OH is 1. The maximum absolute atomic E-state index is 10.1. The number of hydrogen-bond acceptors (Lipinski definition) is 5. The summed E-state index contributed by atoms with van der Waals surface area (Å²) in [6, 6.07) is 15.6. The predicted molar refractivity (Wildman–Crippen MR) is 94.9 cm³/mol. The van der Waals surface area contributed by atoms with Gasteiger partial charge >= 0.3 is 0 Å². The molecule has 0 spiro atoms. The first-order valence-electron chi connectivity index (χ1n) is 8.39. The fraction of sp³-hybridized carbons (Fsp3) is 0.300. The third kappa shape index (κ3) is 2.86. The SMILES string of the molecule is COc1ccc2oc(CN[C@@]3(CO)CCOc4ccccc43)cc2c1. The molecule has 0 aliphatic carbocycles. The maximum Gasteiger partial charge on any atom is 0.134 e. The van der Waals surface area contributed by atoms with E-state index in [0.717, 1.165) is 33.8 Å². The first kappa shape index (κ1) is 16.0. The van der Waals surface area contributed by atoms with E-state index < -0.39 is 5.54 Å². The smallest absolute Gasteiger partial charge is 0.134 e. The summed E-state index contributed by atoms with van der Waals surface area (Å²) in [7, 11) is 1.65. The van der Waals surface area contributed by atoms with Crippen LogP contribution in [0.15, 0.2) is 52.9 Å². The minimum atomic E-state index is -0.522. The Morgan fingerprint density at radius 2 is 2.08 bits per heavy atom. The Balaban J connectivity index is 1.59. The average molecular weight is 339 g/mol. The molecule has 2 N–H and O–H groups in total. The van der Waals surface area contributed by atoms with Gasteiger partial charge in [-0.15, -0.1) is 0 Å². The molecule has 130 valence electrons. The van der Waals surface area contributed by atoms with Gasteiger partial charge in [0.05, 0.1) is 32.4 Å². The topological polar surface area (TPSA) is 63.9 Å². The molecule has 0 bridgehead atoms. The number of nitrogens with one attached hydrogen (secondary N) is 1. The van der Waals surface area contributed by atoms with Crippen molar-refractivity contribution in [3.8, 4) is 11.5 Å². The van der Waals surface area contributed by atoms with Crippen molar-refractivity contribution in [1.29, 1.82) is 0 Å². The molecule has 5 nitrogen and oxygen atoms in total. The molecule has 25 heavy (non-hydrogen) atoms. The van der Waals surface area contributed by atoms with Gasteiger partial charge in [0.25, 0.3) is 0 Å². The molecule has 1 atom stereocenters. The predicted octanol–water partition coefficient (Wildman–Crippen LogP) is 3.20. The molecule has 1 aliphatic heterocycles. The van der Waals surface area contributed by atoms with Crippen LogP contribution in [0.1, 0.15) is 17.7 Å². The van der Waals surface area contributed by atoms with Gasteiger partial charge in [0.2, 0.25) is 0 Å². The molecule has 4 rings (SSSR count). The normalized spacial score (nSPS) is 19.4. The molecule has 2 heterocycles. The first-order chi connectivity index (χ1) is 12.2. The van der Waals surface area contributed by atoms with Crippen molar-refractivity contribution >= 4 is 11.0 Å². The molecule has 3 aromatic rings.